The van der Waals surface area contributed by atoms with Crippen LogP contribution in [0.4, 0.5) is 0 Å². The van der Waals surface area contributed by atoms with E-state index in [-0.39, 0.29) is 5.66 Å². The molecule has 2 heterocycles. The van der Waals surface area contributed by atoms with E-state index < -0.39 is 0 Å². The molecule has 1 saturated heterocycles. The molecule has 2 aromatic carbocycles. The minimum absolute atomic E-state index is 0.279. The molecule has 0 bridgehead atoms. The minimum Gasteiger partial charge on any atom is -0.290 e. The molecule has 0 radical (unpaired) electrons. The molecule has 1 fully saturated rings. The normalized spacial score (nSPS) is 25.4. The molecular weight excluding hydrogens is 270 g/mol. The second-order valence-electron chi connectivity index (χ2n) is 5.94. The van der Waals surface area contributed by atoms with Crippen LogP contribution in [0.1, 0.15) is 17.5 Å². The molecule has 0 aliphatic carbocycles. The lowest BCUT2D eigenvalue weighted by molar-refractivity contribution is 0.0769. The third-order valence-corrected chi connectivity index (χ3v) is 4.68. The van der Waals surface area contributed by atoms with Crippen molar-refractivity contribution in [1.29, 1.82) is 0 Å². The van der Waals surface area contributed by atoms with E-state index in [0.29, 0.717) is 0 Å². The van der Waals surface area contributed by atoms with Crippen LogP contribution in [-0.4, -0.2) is 36.8 Å². The number of hydrogen-bond donors (Lipinski definition) is 1. The van der Waals surface area contributed by atoms with Gasteiger partial charge in [-0.3, -0.25) is 15.2 Å². The molecular formula is C19H21N3. The number of rotatable bonds is 2. The zero-order valence-corrected chi connectivity index (χ0v) is 12.7. The molecule has 1 N–H and O–H groups in total. The molecule has 112 valence electrons. The van der Waals surface area contributed by atoms with E-state index in [0.717, 1.165) is 31.9 Å². The first-order chi connectivity index (χ1) is 10.9. The maximum absolute atomic E-state index is 4.95. The molecule has 0 aromatic heterocycles. The van der Waals surface area contributed by atoms with Crippen molar-refractivity contribution < 1.29 is 0 Å². The molecule has 2 aromatic rings. The molecule has 22 heavy (non-hydrogen) atoms. The molecule has 1 atom stereocenters. The van der Waals surface area contributed by atoms with Gasteiger partial charge in [-0.25, -0.2) is 0 Å². The summed E-state index contributed by atoms with van der Waals surface area (Å²) in [6, 6.07) is 21.3. The summed E-state index contributed by atoms with van der Waals surface area (Å²) >= 11 is 0. The van der Waals surface area contributed by atoms with Gasteiger partial charge in [-0.15, -0.1) is 0 Å². The summed E-state index contributed by atoms with van der Waals surface area (Å²) < 4.78 is 0. The van der Waals surface area contributed by atoms with Crippen LogP contribution in [0.3, 0.4) is 0 Å². The maximum Gasteiger partial charge on any atom is 0.141 e. The summed E-state index contributed by atoms with van der Waals surface area (Å²) in [4.78, 5) is 7.50. The Morgan fingerprint density at radius 1 is 0.909 bits per heavy atom. The lowest BCUT2D eigenvalue weighted by Gasteiger charge is -2.51. The van der Waals surface area contributed by atoms with Gasteiger partial charge in [0.25, 0.3) is 0 Å². The van der Waals surface area contributed by atoms with E-state index in [9.17, 15) is 0 Å². The van der Waals surface area contributed by atoms with Crippen LogP contribution in [0.15, 0.2) is 65.7 Å². The van der Waals surface area contributed by atoms with E-state index in [4.69, 9.17) is 4.99 Å². The summed E-state index contributed by atoms with van der Waals surface area (Å²) in [5, 5.41) is 3.79. The van der Waals surface area contributed by atoms with E-state index in [1.165, 1.54) is 17.5 Å². The molecule has 0 amide bonds. The highest BCUT2D eigenvalue weighted by Gasteiger charge is 2.46. The zero-order valence-electron chi connectivity index (χ0n) is 12.7. The van der Waals surface area contributed by atoms with Gasteiger partial charge in [0.1, 0.15) is 5.66 Å². The van der Waals surface area contributed by atoms with Gasteiger partial charge < -0.3 is 0 Å². The van der Waals surface area contributed by atoms with Crippen molar-refractivity contribution >= 4 is 5.71 Å². The van der Waals surface area contributed by atoms with Crippen molar-refractivity contribution in [3.8, 4) is 0 Å². The molecule has 1 unspecified atom stereocenters. The molecule has 4 rings (SSSR count). The van der Waals surface area contributed by atoms with Crippen LogP contribution < -0.4 is 5.32 Å². The van der Waals surface area contributed by atoms with Gasteiger partial charge in [-0.1, -0.05) is 60.7 Å². The van der Waals surface area contributed by atoms with Crippen molar-refractivity contribution in [3.63, 3.8) is 0 Å². The van der Waals surface area contributed by atoms with Crippen LogP contribution in [-0.2, 0) is 5.66 Å². The Hall–Kier alpha value is -1.97. The van der Waals surface area contributed by atoms with E-state index >= 15 is 0 Å². The minimum atomic E-state index is -0.279. The van der Waals surface area contributed by atoms with Crippen molar-refractivity contribution in [1.82, 2.24) is 10.2 Å². The van der Waals surface area contributed by atoms with Crippen molar-refractivity contribution in [2.24, 2.45) is 4.99 Å². The van der Waals surface area contributed by atoms with Crippen molar-refractivity contribution in [2.75, 3.05) is 26.2 Å². The monoisotopic (exact) mass is 291 g/mol. The first-order valence-electron chi connectivity index (χ1n) is 8.07. The fourth-order valence-electron chi connectivity index (χ4n) is 3.73. The van der Waals surface area contributed by atoms with Gasteiger partial charge in [0.15, 0.2) is 0 Å². The fourth-order valence-corrected chi connectivity index (χ4v) is 3.73. The van der Waals surface area contributed by atoms with Crippen LogP contribution in [0.2, 0.25) is 0 Å². The molecule has 0 saturated carbocycles. The van der Waals surface area contributed by atoms with Gasteiger partial charge in [-0.2, -0.15) is 0 Å². The van der Waals surface area contributed by atoms with Crippen LogP contribution in [0, 0.1) is 0 Å². The van der Waals surface area contributed by atoms with Crippen LogP contribution in [0.5, 0.6) is 0 Å². The second kappa shape index (κ2) is 5.67. The molecule has 3 nitrogen and oxygen atoms in total. The number of nitrogens with one attached hydrogen (secondary N) is 1. The maximum atomic E-state index is 4.95. The summed E-state index contributed by atoms with van der Waals surface area (Å²) in [7, 11) is 0. The highest BCUT2D eigenvalue weighted by molar-refractivity contribution is 6.08. The summed E-state index contributed by atoms with van der Waals surface area (Å²) in [5.74, 6) is 0. The highest BCUT2D eigenvalue weighted by atomic mass is 15.4. The summed E-state index contributed by atoms with van der Waals surface area (Å²) in [6.45, 7) is 4.03. The number of nitrogens with zero attached hydrogens (tertiary/aromatic N) is 2. The first-order valence-corrected chi connectivity index (χ1v) is 8.07. The smallest absolute Gasteiger partial charge is 0.141 e. The zero-order chi connectivity index (χ0) is 14.8. The summed E-state index contributed by atoms with van der Waals surface area (Å²) in [6.07, 6.45) is 1.19. The Morgan fingerprint density at radius 3 is 2.41 bits per heavy atom. The highest BCUT2D eigenvalue weighted by Crippen LogP contribution is 2.35. The van der Waals surface area contributed by atoms with Gasteiger partial charge in [-0.05, 0) is 24.1 Å². The number of benzene rings is 2. The third kappa shape index (κ3) is 2.09. The van der Waals surface area contributed by atoms with E-state index in [2.05, 4.69) is 70.9 Å². The largest absolute Gasteiger partial charge is 0.290 e. The van der Waals surface area contributed by atoms with E-state index in [1.807, 2.05) is 0 Å². The number of fused-ring (bicyclic) bond motifs is 1. The first kappa shape index (κ1) is 13.7. The fraction of sp³-hybridized carbons (Fsp3) is 0.316. The predicted octanol–water partition coefficient (Wildman–Crippen LogP) is 2.64. The van der Waals surface area contributed by atoms with Gasteiger partial charge in [0.2, 0.25) is 0 Å². The van der Waals surface area contributed by atoms with Gasteiger partial charge in [0.05, 0.1) is 12.3 Å². The average Bonchev–Trinajstić information content (AvgIpc) is 2.62. The number of hydrogen-bond acceptors (Lipinski definition) is 3. The molecule has 0 spiro atoms. The molecule has 3 heteroatoms. The number of aliphatic imine (C=N–C) groups is 1. The van der Waals surface area contributed by atoms with Crippen molar-refractivity contribution in [3.05, 3.63) is 71.8 Å². The molecule has 2 aliphatic heterocycles. The van der Waals surface area contributed by atoms with E-state index in [1.54, 1.807) is 0 Å². The Kier molecular flexibility index (Phi) is 3.53. The average molecular weight is 291 g/mol. The summed E-state index contributed by atoms with van der Waals surface area (Å²) in [5.41, 5.74) is 3.38. The third-order valence-electron chi connectivity index (χ3n) is 4.68. The Balaban J connectivity index is 1.90. The molecule has 2 aliphatic rings. The Labute approximate surface area is 131 Å². The second-order valence-corrected chi connectivity index (χ2v) is 5.94. The van der Waals surface area contributed by atoms with Crippen LogP contribution >= 0.6 is 0 Å². The quantitative estimate of drug-likeness (QED) is 0.921. The van der Waals surface area contributed by atoms with Crippen molar-refractivity contribution in [2.45, 2.75) is 12.1 Å². The topological polar surface area (TPSA) is 27.6 Å². The Bertz CT molecular complexity index is 666. The van der Waals surface area contributed by atoms with Crippen LogP contribution in [0.25, 0.3) is 0 Å². The Morgan fingerprint density at radius 2 is 1.64 bits per heavy atom. The lowest BCUT2D eigenvalue weighted by atomic mass is 9.85. The lowest BCUT2D eigenvalue weighted by Crippen LogP contribution is -2.67. The predicted molar refractivity (Wildman–Crippen MR) is 90.2 cm³/mol. The SMILES string of the molecule is c1ccc(C2=NCCN3CCCNC23c2ccccc2)cc1. The standard InChI is InChI=1S/C19H21N3/c1-3-8-16(9-4-1)18-19(17-10-5-2-6-11-17)21-12-7-14-22(19)15-13-20-18/h1-6,8-11,21H,7,12-15H2. The van der Waals surface area contributed by atoms with Gasteiger partial charge >= 0.3 is 0 Å². The van der Waals surface area contributed by atoms with Gasteiger partial charge in [0, 0.05) is 13.1 Å².